The quantitative estimate of drug-likeness (QED) is 0.802. The fourth-order valence-electron chi connectivity index (χ4n) is 1.82. The number of pyridine rings is 1. The molecule has 100 valence electrons. The minimum absolute atomic E-state index is 0.0517. The highest BCUT2D eigenvalue weighted by Crippen LogP contribution is 2.11. The van der Waals surface area contributed by atoms with Gasteiger partial charge in [-0.2, -0.15) is 0 Å². The monoisotopic (exact) mass is 257 g/mol. The summed E-state index contributed by atoms with van der Waals surface area (Å²) in [6, 6.07) is 9.64. The minimum atomic E-state index is -0.0517. The number of aryl methyl sites for hydroxylation is 1. The van der Waals surface area contributed by atoms with Gasteiger partial charge < -0.3 is 16.2 Å². The average molecular weight is 257 g/mol. The summed E-state index contributed by atoms with van der Waals surface area (Å²) in [5.74, 6) is 0.757. The van der Waals surface area contributed by atoms with E-state index >= 15 is 0 Å². The molecule has 0 amide bonds. The molecule has 0 fully saturated rings. The zero-order valence-corrected chi connectivity index (χ0v) is 11.0. The van der Waals surface area contributed by atoms with Crippen LogP contribution in [0.5, 0.6) is 5.75 Å². The van der Waals surface area contributed by atoms with E-state index < -0.39 is 0 Å². The van der Waals surface area contributed by atoms with Crippen molar-refractivity contribution in [2.75, 3.05) is 12.3 Å². The summed E-state index contributed by atoms with van der Waals surface area (Å²) < 4.78 is 5.63. The lowest BCUT2D eigenvalue weighted by Crippen LogP contribution is -2.30. The van der Waals surface area contributed by atoms with E-state index in [2.05, 4.69) is 4.98 Å². The third kappa shape index (κ3) is 4.26. The van der Waals surface area contributed by atoms with Crippen LogP contribution in [0.4, 0.5) is 5.69 Å². The molecule has 2 rings (SSSR count). The second kappa shape index (κ2) is 6.20. The summed E-state index contributed by atoms with van der Waals surface area (Å²) in [6.45, 7) is 2.45. The molecule has 1 atom stereocenters. The zero-order chi connectivity index (χ0) is 13.7. The molecular weight excluding hydrogens is 238 g/mol. The van der Waals surface area contributed by atoms with Crippen molar-refractivity contribution in [1.82, 2.24) is 4.98 Å². The van der Waals surface area contributed by atoms with Gasteiger partial charge in [0.2, 0.25) is 0 Å². The van der Waals surface area contributed by atoms with Crippen molar-refractivity contribution >= 4 is 5.69 Å². The Balaban J connectivity index is 1.84. The van der Waals surface area contributed by atoms with Crippen LogP contribution in [0.15, 0.2) is 42.7 Å². The number of ether oxygens (including phenoxy) is 1. The molecule has 1 unspecified atom stereocenters. The fourth-order valence-corrected chi connectivity index (χ4v) is 1.82. The van der Waals surface area contributed by atoms with Crippen molar-refractivity contribution in [2.24, 2.45) is 5.73 Å². The smallest absolute Gasteiger partial charge is 0.137 e. The molecule has 0 aliphatic heterocycles. The second-order valence-corrected chi connectivity index (χ2v) is 4.71. The SMILES string of the molecule is Cc1cncc(OCC(N)Cc2ccc(N)cc2)c1. The molecule has 0 saturated heterocycles. The maximum atomic E-state index is 6.05. The van der Waals surface area contributed by atoms with E-state index in [-0.39, 0.29) is 6.04 Å². The first-order chi connectivity index (χ1) is 9.13. The van der Waals surface area contributed by atoms with Crippen molar-refractivity contribution in [3.8, 4) is 5.75 Å². The Labute approximate surface area is 113 Å². The summed E-state index contributed by atoms with van der Waals surface area (Å²) in [5.41, 5.74) is 14.7. The third-order valence-electron chi connectivity index (χ3n) is 2.79. The number of nitrogen functional groups attached to an aromatic ring is 1. The topological polar surface area (TPSA) is 74.2 Å². The zero-order valence-electron chi connectivity index (χ0n) is 11.0. The van der Waals surface area contributed by atoms with Gasteiger partial charge in [-0.05, 0) is 42.7 Å². The molecular formula is C15H19N3O. The molecule has 0 saturated carbocycles. The Kier molecular flexibility index (Phi) is 4.36. The highest BCUT2D eigenvalue weighted by atomic mass is 16.5. The molecule has 2 aromatic rings. The van der Waals surface area contributed by atoms with Gasteiger partial charge in [0.25, 0.3) is 0 Å². The first-order valence-electron chi connectivity index (χ1n) is 6.28. The van der Waals surface area contributed by atoms with Gasteiger partial charge in [-0.15, -0.1) is 0 Å². The van der Waals surface area contributed by atoms with Crippen LogP contribution >= 0.6 is 0 Å². The minimum Gasteiger partial charge on any atom is -0.490 e. The molecule has 4 nitrogen and oxygen atoms in total. The molecule has 0 spiro atoms. The lowest BCUT2D eigenvalue weighted by Gasteiger charge is -2.13. The number of hydrogen-bond acceptors (Lipinski definition) is 4. The van der Waals surface area contributed by atoms with Crippen LogP contribution in [0.2, 0.25) is 0 Å². The maximum absolute atomic E-state index is 6.05. The van der Waals surface area contributed by atoms with Gasteiger partial charge in [0.1, 0.15) is 12.4 Å². The van der Waals surface area contributed by atoms with Gasteiger partial charge in [-0.25, -0.2) is 0 Å². The number of hydrogen-bond donors (Lipinski definition) is 2. The van der Waals surface area contributed by atoms with E-state index in [9.17, 15) is 0 Å². The molecule has 4 N–H and O–H groups in total. The summed E-state index contributed by atoms with van der Waals surface area (Å²) >= 11 is 0. The summed E-state index contributed by atoms with van der Waals surface area (Å²) in [7, 11) is 0. The summed E-state index contributed by atoms with van der Waals surface area (Å²) in [6.07, 6.45) is 4.25. The normalized spacial score (nSPS) is 12.1. The van der Waals surface area contributed by atoms with E-state index in [0.717, 1.165) is 29.0 Å². The van der Waals surface area contributed by atoms with E-state index in [4.69, 9.17) is 16.2 Å². The van der Waals surface area contributed by atoms with E-state index in [1.807, 2.05) is 37.3 Å². The van der Waals surface area contributed by atoms with Crippen molar-refractivity contribution in [3.05, 3.63) is 53.9 Å². The first kappa shape index (κ1) is 13.4. The Bertz CT molecular complexity index is 525. The lowest BCUT2D eigenvalue weighted by atomic mass is 10.1. The van der Waals surface area contributed by atoms with Gasteiger partial charge in [0, 0.05) is 17.9 Å². The van der Waals surface area contributed by atoms with E-state index in [1.54, 1.807) is 12.4 Å². The number of benzene rings is 1. The van der Waals surface area contributed by atoms with Crippen molar-refractivity contribution in [1.29, 1.82) is 0 Å². The molecule has 1 aromatic carbocycles. The van der Waals surface area contributed by atoms with Gasteiger partial charge in [-0.3, -0.25) is 4.98 Å². The van der Waals surface area contributed by atoms with Crippen LogP contribution in [0.1, 0.15) is 11.1 Å². The maximum Gasteiger partial charge on any atom is 0.137 e. The average Bonchev–Trinajstić information content (AvgIpc) is 2.39. The van der Waals surface area contributed by atoms with E-state index in [1.165, 1.54) is 0 Å². The van der Waals surface area contributed by atoms with Crippen molar-refractivity contribution in [2.45, 2.75) is 19.4 Å². The Morgan fingerprint density at radius 2 is 1.95 bits per heavy atom. The Morgan fingerprint density at radius 1 is 1.21 bits per heavy atom. The molecule has 1 aromatic heterocycles. The molecule has 19 heavy (non-hydrogen) atoms. The van der Waals surface area contributed by atoms with Gasteiger partial charge in [0.05, 0.1) is 6.20 Å². The van der Waals surface area contributed by atoms with Crippen LogP contribution < -0.4 is 16.2 Å². The predicted octanol–water partition coefficient (Wildman–Crippen LogP) is 1.92. The lowest BCUT2D eigenvalue weighted by molar-refractivity contribution is 0.286. The van der Waals surface area contributed by atoms with Gasteiger partial charge >= 0.3 is 0 Å². The number of nitrogens with zero attached hydrogens (tertiary/aromatic N) is 1. The molecule has 0 radical (unpaired) electrons. The highest BCUT2D eigenvalue weighted by molar-refractivity contribution is 5.39. The van der Waals surface area contributed by atoms with Gasteiger partial charge in [-0.1, -0.05) is 12.1 Å². The van der Waals surface area contributed by atoms with Gasteiger partial charge in [0.15, 0.2) is 0 Å². The highest BCUT2D eigenvalue weighted by Gasteiger charge is 2.05. The fraction of sp³-hybridized carbons (Fsp3) is 0.267. The third-order valence-corrected chi connectivity index (χ3v) is 2.79. The van der Waals surface area contributed by atoms with Crippen LogP contribution in [0.25, 0.3) is 0 Å². The number of nitrogens with two attached hydrogens (primary N) is 2. The van der Waals surface area contributed by atoms with Crippen LogP contribution in [-0.2, 0) is 6.42 Å². The molecule has 4 heteroatoms. The van der Waals surface area contributed by atoms with E-state index in [0.29, 0.717) is 6.61 Å². The molecule has 0 aliphatic carbocycles. The standard InChI is InChI=1S/C15H19N3O/c1-11-6-15(9-18-8-11)19-10-14(17)7-12-2-4-13(16)5-3-12/h2-6,8-9,14H,7,10,16-17H2,1H3. The number of anilines is 1. The summed E-state index contributed by atoms with van der Waals surface area (Å²) in [5, 5.41) is 0. The van der Waals surface area contributed by atoms with Crippen molar-refractivity contribution in [3.63, 3.8) is 0 Å². The molecule has 0 bridgehead atoms. The molecule has 0 aliphatic rings. The van der Waals surface area contributed by atoms with Crippen LogP contribution in [0, 0.1) is 6.92 Å². The van der Waals surface area contributed by atoms with Crippen LogP contribution in [0.3, 0.4) is 0 Å². The number of rotatable bonds is 5. The summed E-state index contributed by atoms with van der Waals surface area (Å²) in [4.78, 5) is 4.08. The second-order valence-electron chi connectivity index (χ2n) is 4.71. The Morgan fingerprint density at radius 3 is 2.63 bits per heavy atom. The Hall–Kier alpha value is -2.07. The number of aromatic nitrogens is 1. The predicted molar refractivity (Wildman–Crippen MR) is 77.0 cm³/mol. The van der Waals surface area contributed by atoms with Crippen molar-refractivity contribution < 1.29 is 4.74 Å². The molecule has 1 heterocycles. The first-order valence-corrected chi connectivity index (χ1v) is 6.28. The largest absolute Gasteiger partial charge is 0.490 e. The van der Waals surface area contributed by atoms with Crippen LogP contribution in [-0.4, -0.2) is 17.6 Å².